The van der Waals surface area contributed by atoms with Gasteiger partial charge < -0.3 is 9.47 Å². The Morgan fingerprint density at radius 1 is 1.19 bits per heavy atom. The normalized spacial score (nSPS) is 15.2. The summed E-state index contributed by atoms with van der Waals surface area (Å²) in [6.07, 6.45) is 0. The number of fused-ring (bicyclic) bond motifs is 1. The van der Waals surface area contributed by atoms with Crippen LogP contribution in [0.3, 0.4) is 0 Å². The molecule has 0 amide bonds. The summed E-state index contributed by atoms with van der Waals surface area (Å²) in [5.41, 5.74) is 2.03. The number of ether oxygens (including phenoxy) is 2. The molecular weight excluding hydrogens is 351 g/mol. The van der Waals surface area contributed by atoms with E-state index in [0.717, 1.165) is 0 Å². The van der Waals surface area contributed by atoms with Gasteiger partial charge in [-0.05, 0) is 30.3 Å². The Balaban J connectivity index is 1.80. The highest BCUT2D eigenvalue weighted by Crippen LogP contribution is 2.26. The Morgan fingerprint density at radius 3 is 2.63 bits per heavy atom. The molecule has 1 aliphatic heterocycles. The van der Waals surface area contributed by atoms with Crippen molar-refractivity contribution in [2.45, 2.75) is 0 Å². The van der Waals surface area contributed by atoms with E-state index in [2.05, 4.69) is 10.1 Å². The third-order valence-corrected chi connectivity index (χ3v) is 4.51. The standard InChI is InChI=1S/C19H19FN4O3/c1-26-17-7-6-16-21-18(13-2-4-14(20)5-3-13)19(24(16)22-17)15(25)12-23-8-10-27-11-9-23/h2-7H,8-12H2,1H3. The van der Waals surface area contributed by atoms with E-state index in [1.54, 1.807) is 24.3 Å². The van der Waals surface area contributed by atoms with E-state index in [-0.39, 0.29) is 18.1 Å². The Hall–Kier alpha value is -2.84. The minimum atomic E-state index is -0.344. The van der Waals surface area contributed by atoms with Crippen molar-refractivity contribution < 1.29 is 18.7 Å². The number of benzene rings is 1. The molecule has 7 nitrogen and oxygen atoms in total. The van der Waals surface area contributed by atoms with Crippen LogP contribution in [0, 0.1) is 5.82 Å². The molecule has 0 atom stereocenters. The van der Waals surface area contributed by atoms with Gasteiger partial charge in [0.05, 0.1) is 26.9 Å². The van der Waals surface area contributed by atoms with Crippen LogP contribution in [-0.4, -0.2) is 65.2 Å². The van der Waals surface area contributed by atoms with Gasteiger partial charge in [-0.1, -0.05) is 0 Å². The molecule has 0 unspecified atom stereocenters. The maximum atomic E-state index is 13.3. The van der Waals surface area contributed by atoms with Gasteiger partial charge in [-0.3, -0.25) is 9.69 Å². The quantitative estimate of drug-likeness (QED) is 0.641. The first-order valence-electron chi connectivity index (χ1n) is 8.69. The van der Waals surface area contributed by atoms with Gasteiger partial charge >= 0.3 is 0 Å². The first kappa shape index (κ1) is 17.6. The van der Waals surface area contributed by atoms with E-state index in [0.29, 0.717) is 54.8 Å². The number of methoxy groups -OCH3 is 1. The number of halogens is 1. The second kappa shape index (κ2) is 7.42. The van der Waals surface area contributed by atoms with Crippen LogP contribution in [0.1, 0.15) is 10.5 Å². The number of carbonyl (C=O) groups excluding carboxylic acids is 1. The van der Waals surface area contributed by atoms with Crippen LogP contribution < -0.4 is 4.74 Å². The molecule has 0 radical (unpaired) electrons. The number of rotatable bonds is 5. The molecule has 1 saturated heterocycles. The lowest BCUT2D eigenvalue weighted by atomic mass is 10.1. The fourth-order valence-electron chi connectivity index (χ4n) is 3.12. The summed E-state index contributed by atoms with van der Waals surface area (Å²) in [7, 11) is 1.52. The molecule has 0 bridgehead atoms. The predicted molar refractivity (Wildman–Crippen MR) is 96.5 cm³/mol. The van der Waals surface area contributed by atoms with Gasteiger partial charge in [0.25, 0.3) is 0 Å². The van der Waals surface area contributed by atoms with Gasteiger partial charge in [0.2, 0.25) is 5.88 Å². The largest absolute Gasteiger partial charge is 0.480 e. The summed E-state index contributed by atoms with van der Waals surface area (Å²) >= 11 is 0. The van der Waals surface area contributed by atoms with Crippen LogP contribution in [0.25, 0.3) is 16.9 Å². The average Bonchev–Trinajstić information content (AvgIpc) is 3.08. The Bertz CT molecular complexity index is 965. The Kier molecular flexibility index (Phi) is 4.83. The third kappa shape index (κ3) is 3.54. The van der Waals surface area contributed by atoms with Crippen molar-refractivity contribution in [2.75, 3.05) is 40.0 Å². The topological polar surface area (TPSA) is 69.0 Å². The summed E-state index contributed by atoms with van der Waals surface area (Å²) in [6.45, 7) is 2.86. The summed E-state index contributed by atoms with van der Waals surface area (Å²) in [6, 6.07) is 9.35. The van der Waals surface area contributed by atoms with Gasteiger partial charge in [-0.25, -0.2) is 13.9 Å². The van der Waals surface area contributed by atoms with Crippen molar-refractivity contribution >= 4 is 11.4 Å². The Morgan fingerprint density at radius 2 is 1.93 bits per heavy atom. The molecule has 8 heteroatoms. The maximum absolute atomic E-state index is 13.3. The highest BCUT2D eigenvalue weighted by atomic mass is 19.1. The maximum Gasteiger partial charge on any atom is 0.231 e. The van der Waals surface area contributed by atoms with Gasteiger partial charge in [0, 0.05) is 24.7 Å². The van der Waals surface area contributed by atoms with Crippen molar-refractivity contribution in [1.29, 1.82) is 0 Å². The minimum Gasteiger partial charge on any atom is -0.480 e. The van der Waals surface area contributed by atoms with Crippen molar-refractivity contribution in [3.63, 3.8) is 0 Å². The number of Topliss-reactive ketones (excluding diaryl/α,β-unsaturated/α-hetero) is 1. The molecule has 1 fully saturated rings. The second-order valence-electron chi connectivity index (χ2n) is 6.27. The predicted octanol–water partition coefficient (Wildman–Crippen LogP) is 2.06. The molecule has 1 aromatic carbocycles. The number of morpholine rings is 1. The van der Waals surface area contributed by atoms with Crippen molar-refractivity contribution in [3.8, 4) is 17.1 Å². The van der Waals surface area contributed by atoms with Gasteiger partial charge in [0.1, 0.15) is 17.2 Å². The third-order valence-electron chi connectivity index (χ3n) is 4.51. The van der Waals surface area contributed by atoms with E-state index >= 15 is 0 Å². The molecule has 27 heavy (non-hydrogen) atoms. The first-order chi connectivity index (χ1) is 13.2. The number of nitrogens with zero attached hydrogens (tertiary/aromatic N) is 4. The van der Waals surface area contributed by atoms with Gasteiger partial charge in [-0.15, -0.1) is 5.10 Å². The second-order valence-corrected chi connectivity index (χ2v) is 6.27. The van der Waals surface area contributed by atoms with Crippen molar-refractivity contribution in [2.24, 2.45) is 0 Å². The van der Waals surface area contributed by atoms with E-state index in [9.17, 15) is 9.18 Å². The monoisotopic (exact) mass is 370 g/mol. The van der Waals surface area contributed by atoms with Gasteiger partial charge in [0.15, 0.2) is 11.4 Å². The number of carbonyl (C=O) groups is 1. The number of aromatic nitrogens is 3. The summed E-state index contributed by atoms with van der Waals surface area (Å²) in [4.78, 5) is 19.8. The molecule has 140 valence electrons. The summed E-state index contributed by atoms with van der Waals surface area (Å²) in [5.74, 6) is -0.0704. The van der Waals surface area contributed by atoms with Crippen LogP contribution in [0.4, 0.5) is 4.39 Å². The molecule has 2 aromatic heterocycles. The molecular formula is C19H19FN4O3. The van der Waals surface area contributed by atoms with Crippen LogP contribution in [-0.2, 0) is 4.74 Å². The minimum absolute atomic E-state index is 0.107. The zero-order chi connectivity index (χ0) is 18.8. The number of hydrogen-bond donors (Lipinski definition) is 0. The zero-order valence-corrected chi connectivity index (χ0v) is 14.9. The Labute approximate surface area is 155 Å². The van der Waals surface area contributed by atoms with E-state index in [4.69, 9.17) is 9.47 Å². The van der Waals surface area contributed by atoms with E-state index < -0.39 is 0 Å². The SMILES string of the molecule is COc1ccc2nc(-c3ccc(F)cc3)c(C(=O)CN3CCOCC3)n2n1. The van der Waals surface area contributed by atoms with Crippen LogP contribution in [0.15, 0.2) is 36.4 Å². The van der Waals surface area contributed by atoms with Crippen molar-refractivity contribution in [1.82, 2.24) is 19.5 Å². The highest BCUT2D eigenvalue weighted by Gasteiger charge is 2.24. The molecule has 3 heterocycles. The van der Waals surface area contributed by atoms with E-state index in [1.807, 2.05) is 4.90 Å². The van der Waals surface area contributed by atoms with E-state index in [1.165, 1.54) is 23.8 Å². The molecule has 3 aromatic rings. The molecule has 0 N–H and O–H groups in total. The summed E-state index contributed by atoms with van der Waals surface area (Å²) < 4.78 is 25.4. The highest BCUT2D eigenvalue weighted by molar-refractivity contribution is 6.02. The smallest absolute Gasteiger partial charge is 0.231 e. The number of hydrogen-bond acceptors (Lipinski definition) is 6. The first-order valence-corrected chi connectivity index (χ1v) is 8.69. The van der Waals surface area contributed by atoms with Crippen LogP contribution >= 0.6 is 0 Å². The fourth-order valence-corrected chi connectivity index (χ4v) is 3.12. The average molecular weight is 370 g/mol. The zero-order valence-electron chi connectivity index (χ0n) is 14.9. The molecule has 0 spiro atoms. The van der Waals surface area contributed by atoms with Crippen molar-refractivity contribution in [3.05, 3.63) is 47.9 Å². The lowest BCUT2D eigenvalue weighted by molar-refractivity contribution is 0.0369. The van der Waals surface area contributed by atoms with Gasteiger partial charge in [-0.2, -0.15) is 0 Å². The van der Waals surface area contributed by atoms with Crippen LogP contribution in [0.5, 0.6) is 5.88 Å². The number of ketones is 1. The lowest BCUT2D eigenvalue weighted by Crippen LogP contribution is -2.39. The molecule has 4 rings (SSSR count). The van der Waals surface area contributed by atoms with Crippen LogP contribution in [0.2, 0.25) is 0 Å². The lowest BCUT2D eigenvalue weighted by Gasteiger charge is -2.25. The molecule has 0 aliphatic carbocycles. The summed E-state index contributed by atoms with van der Waals surface area (Å²) in [5, 5.41) is 4.37. The molecule has 0 saturated carbocycles. The fraction of sp³-hybridized carbons (Fsp3) is 0.316. The molecule has 1 aliphatic rings. The number of imidazole rings is 1.